The molecule has 0 saturated carbocycles. The standard InChI is InChI=1S/C16H24FN3O/c1-2-3-9-20-10-7-12(8-11-20)19-16(21)13-5-4-6-14(17)15(13)18/h4-6,12H,2-3,7-11,18H2,1H3,(H,19,21). The molecule has 1 aliphatic rings. The molecule has 3 N–H and O–H groups in total. The van der Waals surface area contributed by atoms with Crippen LogP contribution < -0.4 is 11.1 Å². The quantitative estimate of drug-likeness (QED) is 0.820. The first kappa shape index (κ1) is 15.8. The maximum Gasteiger partial charge on any atom is 0.253 e. The predicted octanol–water partition coefficient (Wildman–Crippen LogP) is 2.40. The second kappa shape index (κ2) is 7.41. The van der Waals surface area contributed by atoms with E-state index in [1.807, 2.05) is 0 Å². The molecule has 1 saturated heterocycles. The summed E-state index contributed by atoms with van der Waals surface area (Å²) in [5.41, 5.74) is 5.77. The fraction of sp³-hybridized carbons (Fsp3) is 0.562. The molecule has 0 bridgehead atoms. The number of likely N-dealkylation sites (tertiary alicyclic amines) is 1. The molecular weight excluding hydrogens is 269 g/mol. The van der Waals surface area contributed by atoms with Gasteiger partial charge in [-0.1, -0.05) is 19.4 Å². The van der Waals surface area contributed by atoms with Crippen LogP contribution in [-0.4, -0.2) is 36.5 Å². The number of benzene rings is 1. The lowest BCUT2D eigenvalue weighted by molar-refractivity contribution is 0.0911. The summed E-state index contributed by atoms with van der Waals surface area (Å²) in [6.45, 7) is 5.33. The fourth-order valence-corrected chi connectivity index (χ4v) is 2.68. The van der Waals surface area contributed by atoms with Crippen molar-refractivity contribution >= 4 is 11.6 Å². The van der Waals surface area contributed by atoms with Gasteiger partial charge in [0.05, 0.1) is 11.3 Å². The molecule has 1 aromatic carbocycles. The van der Waals surface area contributed by atoms with Gasteiger partial charge in [0.1, 0.15) is 5.82 Å². The number of hydrogen-bond acceptors (Lipinski definition) is 3. The van der Waals surface area contributed by atoms with Crippen LogP contribution in [0, 0.1) is 5.82 Å². The molecule has 0 aromatic heterocycles. The van der Waals surface area contributed by atoms with E-state index < -0.39 is 5.82 Å². The highest BCUT2D eigenvalue weighted by Crippen LogP contribution is 2.17. The summed E-state index contributed by atoms with van der Waals surface area (Å²) in [5, 5.41) is 2.97. The Labute approximate surface area is 125 Å². The van der Waals surface area contributed by atoms with Crippen LogP contribution in [0.25, 0.3) is 0 Å². The Morgan fingerprint density at radius 1 is 1.43 bits per heavy atom. The largest absolute Gasteiger partial charge is 0.396 e. The number of nitrogen functional groups attached to an aromatic ring is 1. The van der Waals surface area contributed by atoms with Crippen LogP contribution >= 0.6 is 0 Å². The van der Waals surface area contributed by atoms with Gasteiger partial charge in [-0.3, -0.25) is 4.79 Å². The number of carbonyl (C=O) groups excluding carboxylic acids is 1. The lowest BCUT2D eigenvalue weighted by atomic mass is 10.0. The van der Waals surface area contributed by atoms with Crippen LogP contribution in [0.4, 0.5) is 10.1 Å². The van der Waals surface area contributed by atoms with Gasteiger partial charge in [0.2, 0.25) is 0 Å². The number of anilines is 1. The van der Waals surface area contributed by atoms with Crippen molar-refractivity contribution in [2.45, 2.75) is 38.6 Å². The Kier molecular flexibility index (Phi) is 5.56. The zero-order valence-corrected chi connectivity index (χ0v) is 12.6. The predicted molar refractivity (Wildman–Crippen MR) is 82.6 cm³/mol. The second-order valence-electron chi connectivity index (χ2n) is 5.64. The monoisotopic (exact) mass is 293 g/mol. The minimum absolute atomic E-state index is 0.0737. The highest BCUT2D eigenvalue weighted by Gasteiger charge is 2.22. The summed E-state index contributed by atoms with van der Waals surface area (Å²) in [6, 6.07) is 4.48. The molecule has 1 amide bonds. The van der Waals surface area contributed by atoms with Crippen molar-refractivity contribution in [3.63, 3.8) is 0 Å². The molecule has 0 aliphatic carbocycles. The molecule has 1 aromatic rings. The molecule has 4 nitrogen and oxygen atoms in total. The molecule has 5 heteroatoms. The van der Waals surface area contributed by atoms with Crippen molar-refractivity contribution in [3.05, 3.63) is 29.6 Å². The van der Waals surface area contributed by atoms with Crippen LogP contribution in [0.3, 0.4) is 0 Å². The van der Waals surface area contributed by atoms with Crippen molar-refractivity contribution in [3.8, 4) is 0 Å². The van der Waals surface area contributed by atoms with E-state index in [-0.39, 0.29) is 23.2 Å². The summed E-state index contributed by atoms with van der Waals surface area (Å²) in [5.74, 6) is -0.823. The Hall–Kier alpha value is -1.62. The number of nitrogens with two attached hydrogens (primary N) is 1. The van der Waals surface area contributed by atoms with E-state index in [9.17, 15) is 9.18 Å². The van der Waals surface area contributed by atoms with Crippen LogP contribution in [0.5, 0.6) is 0 Å². The Morgan fingerprint density at radius 2 is 2.14 bits per heavy atom. The average molecular weight is 293 g/mol. The maximum atomic E-state index is 13.4. The zero-order chi connectivity index (χ0) is 15.2. The van der Waals surface area contributed by atoms with Crippen LogP contribution in [0.2, 0.25) is 0 Å². The number of rotatable bonds is 5. The summed E-state index contributed by atoms with van der Waals surface area (Å²) >= 11 is 0. The number of hydrogen-bond donors (Lipinski definition) is 2. The number of nitrogens with zero attached hydrogens (tertiary/aromatic N) is 1. The van der Waals surface area contributed by atoms with Crippen molar-refractivity contribution < 1.29 is 9.18 Å². The van der Waals surface area contributed by atoms with Crippen molar-refractivity contribution in [2.24, 2.45) is 0 Å². The molecule has 0 radical (unpaired) electrons. The van der Waals surface area contributed by atoms with Gasteiger partial charge in [-0.2, -0.15) is 0 Å². The normalized spacial score (nSPS) is 16.9. The molecule has 0 spiro atoms. The van der Waals surface area contributed by atoms with E-state index in [1.165, 1.54) is 25.0 Å². The van der Waals surface area contributed by atoms with E-state index in [0.29, 0.717) is 0 Å². The summed E-state index contributed by atoms with van der Waals surface area (Å²) in [4.78, 5) is 14.6. The molecule has 1 aliphatic heterocycles. The smallest absolute Gasteiger partial charge is 0.253 e. The molecule has 1 fully saturated rings. The first-order valence-corrected chi connectivity index (χ1v) is 7.69. The molecule has 0 atom stereocenters. The zero-order valence-electron chi connectivity index (χ0n) is 12.6. The van der Waals surface area contributed by atoms with Crippen molar-refractivity contribution in [2.75, 3.05) is 25.4 Å². The van der Waals surface area contributed by atoms with Crippen molar-refractivity contribution in [1.82, 2.24) is 10.2 Å². The lowest BCUT2D eigenvalue weighted by Crippen LogP contribution is -2.45. The van der Waals surface area contributed by atoms with Crippen LogP contribution in [0.15, 0.2) is 18.2 Å². The topological polar surface area (TPSA) is 58.4 Å². The summed E-state index contributed by atoms with van der Waals surface area (Å²) in [7, 11) is 0. The maximum absolute atomic E-state index is 13.4. The molecule has 116 valence electrons. The molecule has 1 heterocycles. The molecule has 2 rings (SSSR count). The van der Waals surface area contributed by atoms with E-state index in [1.54, 1.807) is 6.07 Å². The molecule has 21 heavy (non-hydrogen) atoms. The van der Waals surface area contributed by atoms with Gasteiger partial charge in [0.25, 0.3) is 5.91 Å². The number of unbranched alkanes of at least 4 members (excludes halogenated alkanes) is 1. The molecular formula is C16H24FN3O. The summed E-state index contributed by atoms with van der Waals surface area (Å²) < 4.78 is 13.4. The highest BCUT2D eigenvalue weighted by molar-refractivity contribution is 5.99. The van der Waals surface area contributed by atoms with Gasteiger partial charge in [0, 0.05) is 19.1 Å². The third-order valence-electron chi connectivity index (χ3n) is 4.05. The highest BCUT2D eigenvalue weighted by atomic mass is 19.1. The number of carbonyl (C=O) groups is 1. The van der Waals surface area contributed by atoms with Gasteiger partial charge in [-0.05, 0) is 37.9 Å². The first-order chi connectivity index (χ1) is 10.1. The fourth-order valence-electron chi connectivity index (χ4n) is 2.68. The van der Waals surface area contributed by atoms with Gasteiger partial charge >= 0.3 is 0 Å². The van der Waals surface area contributed by atoms with Gasteiger partial charge in [-0.25, -0.2) is 4.39 Å². The minimum Gasteiger partial charge on any atom is -0.396 e. The van der Waals surface area contributed by atoms with Crippen LogP contribution in [-0.2, 0) is 0 Å². The summed E-state index contributed by atoms with van der Waals surface area (Å²) in [6.07, 6.45) is 4.29. The third-order valence-corrected chi connectivity index (χ3v) is 4.05. The SMILES string of the molecule is CCCCN1CCC(NC(=O)c2cccc(F)c2N)CC1. The number of amides is 1. The Morgan fingerprint density at radius 3 is 2.81 bits per heavy atom. The Bertz CT molecular complexity index is 484. The first-order valence-electron chi connectivity index (χ1n) is 7.69. The number of halogens is 1. The van der Waals surface area contributed by atoms with Crippen molar-refractivity contribution in [1.29, 1.82) is 0 Å². The van der Waals surface area contributed by atoms with E-state index in [4.69, 9.17) is 5.73 Å². The second-order valence-corrected chi connectivity index (χ2v) is 5.64. The van der Waals surface area contributed by atoms with Gasteiger partial charge in [-0.15, -0.1) is 0 Å². The minimum atomic E-state index is -0.544. The van der Waals surface area contributed by atoms with Gasteiger partial charge < -0.3 is 16.0 Å². The van der Waals surface area contributed by atoms with E-state index in [0.717, 1.165) is 32.5 Å². The number of para-hydroxylation sites is 1. The average Bonchev–Trinajstić information content (AvgIpc) is 2.49. The number of nitrogens with one attached hydrogen (secondary N) is 1. The number of piperidine rings is 1. The van der Waals surface area contributed by atoms with Gasteiger partial charge in [0.15, 0.2) is 0 Å². The third kappa shape index (κ3) is 4.17. The van der Waals surface area contributed by atoms with Crippen LogP contribution in [0.1, 0.15) is 43.0 Å². The van der Waals surface area contributed by atoms with E-state index >= 15 is 0 Å². The molecule has 0 unspecified atom stereocenters. The Balaban J connectivity index is 1.86. The van der Waals surface area contributed by atoms with E-state index in [2.05, 4.69) is 17.1 Å². The lowest BCUT2D eigenvalue weighted by Gasteiger charge is -2.32.